The zero-order valence-corrected chi connectivity index (χ0v) is 7.07. The summed E-state index contributed by atoms with van der Waals surface area (Å²) < 4.78 is 1.75. The zero-order chi connectivity index (χ0) is 8.55. The van der Waals surface area contributed by atoms with Crippen molar-refractivity contribution in [3.63, 3.8) is 0 Å². The van der Waals surface area contributed by atoms with E-state index in [1.807, 2.05) is 26.2 Å². The van der Waals surface area contributed by atoms with Gasteiger partial charge in [-0.1, -0.05) is 0 Å². The molecule has 0 radical (unpaired) electrons. The molecule has 4 heteroatoms. The molecule has 0 saturated heterocycles. The molecule has 1 N–H and O–H groups in total. The van der Waals surface area contributed by atoms with Crippen LogP contribution in [0.2, 0.25) is 0 Å². The van der Waals surface area contributed by atoms with E-state index in [0.717, 1.165) is 11.3 Å². The molecule has 12 heavy (non-hydrogen) atoms. The quantitative estimate of drug-likeness (QED) is 0.682. The number of aryl methyl sites for hydroxylation is 1. The maximum atomic E-state index is 4.08. The Balaban J connectivity index is 2.73. The van der Waals surface area contributed by atoms with Crippen molar-refractivity contribution in [2.24, 2.45) is 0 Å². The number of aromatic nitrogens is 3. The highest BCUT2D eigenvalue weighted by Gasteiger charge is 1.99. The van der Waals surface area contributed by atoms with E-state index in [2.05, 4.69) is 15.4 Å². The van der Waals surface area contributed by atoms with Crippen LogP contribution in [0.3, 0.4) is 0 Å². The summed E-state index contributed by atoms with van der Waals surface area (Å²) in [6, 6.07) is 2.00. The van der Waals surface area contributed by atoms with Crippen LogP contribution in [0.1, 0.15) is 5.56 Å². The Labute approximate surface area is 70.2 Å². The van der Waals surface area contributed by atoms with Gasteiger partial charge in [0, 0.05) is 7.05 Å². The highest BCUT2D eigenvalue weighted by atomic mass is 15.3. The Morgan fingerprint density at radius 2 is 2.33 bits per heavy atom. The van der Waals surface area contributed by atoms with Crippen molar-refractivity contribution >= 4 is 11.3 Å². The minimum absolute atomic E-state index is 0.881. The van der Waals surface area contributed by atoms with Crippen LogP contribution in [0.5, 0.6) is 0 Å². The van der Waals surface area contributed by atoms with Gasteiger partial charge < -0.3 is 5.32 Å². The van der Waals surface area contributed by atoms with E-state index in [1.54, 1.807) is 10.8 Å². The molecule has 0 atom stereocenters. The lowest BCUT2D eigenvalue weighted by Gasteiger charge is -2.03. The minimum atomic E-state index is 0.881. The topological polar surface area (TPSA) is 42.2 Å². The molecule has 4 nitrogen and oxygen atoms in total. The van der Waals surface area contributed by atoms with Gasteiger partial charge in [-0.3, -0.25) is 0 Å². The summed E-state index contributed by atoms with van der Waals surface area (Å²) in [6.07, 6.45) is 3.48. The number of hydrogen-bond donors (Lipinski definition) is 1. The van der Waals surface area contributed by atoms with Crippen LogP contribution < -0.4 is 5.32 Å². The maximum Gasteiger partial charge on any atom is 0.155 e. The molecule has 2 rings (SSSR count). The van der Waals surface area contributed by atoms with Gasteiger partial charge in [-0.05, 0) is 18.6 Å². The van der Waals surface area contributed by atoms with E-state index in [-0.39, 0.29) is 0 Å². The Kier molecular flexibility index (Phi) is 1.46. The molecule has 0 bridgehead atoms. The molecular formula is C8H10N4. The van der Waals surface area contributed by atoms with Crippen molar-refractivity contribution in [3.8, 4) is 0 Å². The third kappa shape index (κ3) is 0.922. The molecule has 0 spiro atoms. The lowest BCUT2D eigenvalue weighted by Crippen LogP contribution is -1.96. The first-order chi connectivity index (χ1) is 5.81. The first-order valence-corrected chi connectivity index (χ1v) is 3.79. The van der Waals surface area contributed by atoms with Crippen LogP contribution in [0.4, 0.5) is 5.69 Å². The Morgan fingerprint density at radius 3 is 3.08 bits per heavy atom. The van der Waals surface area contributed by atoms with Crippen molar-refractivity contribution in [1.82, 2.24) is 14.6 Å². The SMILES string of the molecule is CNc1cn2ncnc2cc1C. The van der Waals surface area contributed by atoms with Crippen LogP contribution >= 0.6 is 0 Å². The Hall–Kier alpha value is -1.58. The van der Waals surface area contributed by atoms with Crippen LogP contribution in [-0.2, 0) is 0 Å². The Morgan fingerprint density at radius 1 is 1.50 bits per heavy atom. The number of rotatable bonds is 1. The van der Waals surface area contributed by atoms with Gasteiger partial charge in [0.1, 0.15) is 6.33 Å². The van der Waals surface area contributed by atoms with Crippen LogP contribution in [-0.4, -0.2) is 21.6 Å². The monoisotopic (exact) mass is 162 g/mol. The lowest BCUT2D eigenvalue weighted by atomic mass is 10.2. The number of pyridine rings is 1. The van der Waals surface area contributed by atoms with E-state index in [1.165, 1.54) is 5.56 Å². The van der Waals surface area contributed by atoms with Crippen molar-refractivity contribution in [2.75, 3.05) is 12.4 Å². The fraction of sp³-hybridized carbons (Fsp3) is 0.250. The molecule has 0 fully saturated rings. The molecule has 2 aromatic rings. The molecule has 62 valence electrons. The third-order valence-corrected chi connectivity index (χ3v) is 1.89. The highest BCUT2D eigenvalue weighted by Crippen LogP contribution is 2.14. The molecule has 0 aliphatic rings. The number of fused-ring (bicyclic) bond motifs is 1. The fourth-order valence-corrected chi connectivity index (χ4v) is 1.22. The number of anilines is 1. The fourth-order valence-electron chi connectivity index (χ4n) is 1.22. The molecule has 0 aromatic carbocycles. The average Bonchev–Trinajstić information content (AvgIpc) is 2.49. The van der Waals surface area contributed by atoms with Gasteiger partial charge in [0.25, 0.3) is 0 Å². The maximum absolute atomic E-state index is 4.08. The summed E-state index contributed by atoms with van der Waals surface area (Å²) in [5.74, 6) is 0. The summed E-state index contributed by atoms with van der Waals surface area (Å²) in [7, 11) is 1.89. The summed E-state index contributed by atoms with van der Waals surface area (Å²) in [4.78, 5) is 4.08. The molecular weight excluding hydrogens is 152 g/mol. The standard InChI is InChI=1S/C8H10N4/c1-6-3-8-10-5-11-12(8)4-7(6)9-2/h3-5,9H,1-2H3. The van der Waals surface area contributed by atoms with Crippen molar-refractivity contribution < 1.29 is 0 Å². The van der Waals surface area contributed by atoms with Gasteiger partial charge in [-0.2, -0.15) is 5.10 Å². The first-order valence-electron chi connectivity index (χ1n) is 3.79. The van der Waals surface area contributed by atoms with Crippen molar-refractivity contribution in [1.29, 1.82) is 0 Å². The average molecular weight is 162 g/mol. The molecule has 0 unspecified atom stereocenters. The van der Waals surface area contributed by atoms with E-state index in [4.69, 9.17) is 0 Å². The second-order valence-corrected chi connectivity index (χ2v) is 2.68. The minimum Gasteiger partial charge on any atom is -0.387 e. The molecule has 2 aromatic heterocycles. The van der Waals surface area contributed by atoms with E-state index < -0.39 is 0 Å². The van der Waals surface area contributed by atoms with Gasteiger partial charge in [-0.15, -0.1) is 0 Å². The van der Waals surface area contributed by atoms with Crippen LogP contribution in [0.15, 0.2) is 18.6 Å². The van der Waals surface area contributed by atoms with Gasteiger partial charge in [0.05, 0.1) is 11.9 Å². The molecule has 0 saturated carbocycles. The van der Waals surface area contributed by atoms with E-state index in [0.29, 0.717) is 0 Å². The predicted molar refractivity (Wildman–Crippen MR) is 47.3 cm³/mol. The normalized spacial score (nSPS) is 10.5. The molecule has 0 amide bonds. The summed E-state index contributed by atoms with van der Waals surface area (Å²) in [5, 5.41) is 7.12. The van der Waals surface area contributed by atoms with Crippen molar-refractivity contribution in [2.45, 2.75) is 6.92 Å². The second kappa shape index (κ2) is 2.48. The van der Waals surface area contributed by atoms with Gasteiger partial charge >= 0.3 is 0 Å². The summed E-state index contributed by atoms with van der Waals surface area (Å²) >= 11 is 0. The lowest BCUT2D eigenvalue weighted by molar-refractivity contribution is 0.958. The summed E-state index contributed by atoms with van der Waals surface area (Å²) in [6.45, 7) is 2.04. The molecule has 2 heterocycles. The van der Waals surface area contributed by atoms with Gasteiger partial charge in [-0.25, -0.2) is 9.50 Å². The molecule has 0 aliphatic heterocycles. The predicted octanol–water partition coefficient (Wildman–Crippen LogP) is 1.08. The zero-order valence-electron chi connectivity index (χ0n) is 7.07. The number of nitrogens with zero attached hydrogens (tertiary/aromatic N) is 3. The number of nitrogens with one attached hydrogen (secondary N) is 1. The van der Waals surface area contributed by atoms with E-state index >= 15 is 0 Å². The largest absolute Gasteiger partial charge is 0.387 e. The second-order valence-electron chi connectivity index (χ2n) is 2.68. The smallest absolute Gasteiger partial charge is 0.155 e. The van der Waals surface area contributed by atoms with Crippen LogP contribution in [0.25, 0.3) is 5.65 Å². The molecule has 0 aliphatic carbocycles. The van der Waals surface area contributed by atoms with Crippen LogP contribution in [0, 0.1) is 6.92 Å². The first kappa shape index (κ1) is 7.09. The van der Waals surface area contributed by atoms with Gasteiger partial charge in [0.15, 0.2) is 5.65 Å². The van der Waals surface area contributed by atoms with E-state index in [9.17, 15) is 0 Å². The van der Waals surface area contributed by atoms with Crippen molar-refractivity contribution in [3.05, 3.63) is 24.2 Å². The van der Waals surface area contributed by atoms with Gasteiger partial charge in [0.2, 0.25) is 0 Å². The Bertz CT molecular complexity index is 404. The number of hydrogen-bond acceptors (Lipinski definition) is 3. The highest BCUT2D eigenvalue weighted by molar-refractivity contribution is 5.55. The summed E-state index contributed by atoms with van der Waals surface area (Å²) in [5.41, 5.74) is 3.14. The third-order valence-electron chi connectivity index (χ3n) is 1.89.